The zero-order chi connectivity index (χ0) is 24.2. The lowest BCUT2D eigenvalue weighted by molar-refractivity contribution is -0.137. The number of hydrogen-bond donors (Lipinski definition) is 2. The molecule has 0 fully saturated rings. The molecular weight excluding hydrogens is 443 g/mol. The second kappa shape index (κ2) is 9.59. The average Bonchev–Trinajstić information content (AvgIpc) is 3.13. The van der Waals surface area contributed by atoms with Crippen LogP contribution in [-0.4, -0.2) is 41.0 Å². The number of halogens is 3. The molecule has 0 aliphatic rings. The summed E-state index contributed by atoms with van der Waals surface area (Å²) in [5.74, 6) is -0.246. The van der Waals surface area contributed by atoms with Crippen molar-refractivity contribution in [1.82, 2.24) is 15.0 Å². The van der Waals surface area contributed by atoms with Crippen LogP contribution in [0.1, 0.15) is 21.7 Å². The van der Waals surface area contributed by atoms with E-state index in [9.17, 15) is 22.8 Å². The number of methoxy groups -OCH3 is 2. The van der Waals surface area contributed by atoms with Crippen LogP contribution in [-0.2, 0) is 17.5 Å². The van der Waals surface area contributed by atoms with E-state index in [4.69, 9.17) is 9.47 Å². The fourth-order valence-corrected chi connectivity index (χ4v) is 2.90. The first kappa shape index (κ1) is 23.6. The Hall–Kier alpha value is -4.09. The molecule has 0 saturated heterocycles. The van der Waals surface area contributed by atoms with Crippen molar-refractivity contribution in [2.24, 2.45) is 0 Å². The summed E-state index contributed by atoms with van der Waals surface area (Å²) in [5, 5.41) is 12.6. The summed E-state index contributed by atoms with van der Waals surface area (Å²) >= 11 is 0. The molecule has 3 rings (SSSR count). The third-order valence-electron chi connectivity index (χ3n) is 4.57. The quantitative estimate of drug-likeness (QED) is 0.555. The third-order valence-corrected chi connectivity index (χ3v) is 4.57. The van der Waals surface area contributed by atoms with E-state index in [1.165, 1.54) is 38.0 Å². The molecule has 2 N–H and O–H groups in total. The van der Waals surface area contributed by atoms with Crippen molar-refractivity contribution in [3.05, 3.63) is 59.4 Å². The number of alkyl halides is 3. The van der Waals surface area contributed by atoms with E-state index in [0.717, 1.165) is 12.1 Å². The van der Waals surface area contributed by atoms with Gasteiger partial charge in [-0.3, -0.25) is 9.59 Å². The van der Waals surface area contributed by atoms with Crippen molar-refractivity contribution in [2.45, 2.75) is 19.6 Å². The summed E-state index contributed by atoms with van der Waals surface area (Å²) in [7, 11) is 2.95. The fraction of sp³-hybridized carbons (Fsp3) is 0.238. The number of anilines is 2. The lowest BCUT2D eigenvalue weighted by Gasteiger charge is -2.10. The van der Waals surface area contributed by atoms with Gasteiger partial charge in [0.05, 0.1) is 25.5 Å². The van der Waals surface area contributed by atoms with Gasteiger partial charge < -0.3 is 20.1 Å². The molecule has 2 aromatic carbocycles. The van der Waals surface area contributed by atoms with E-state index in [-0.39, 0.29) is 23.6 Å². The maximum atomic E-state index is 12.9. The first-order valence-corrected chi connectivity index (χ1v) is 9.52. The summed E-state index contributed by atoms with van der Waals surface area (Å²) < 4.78 is 50.1. The van der Waals surface area contributed by atoms with Gasteiger partial charge in [0.25, 0.3) is 5.91 Å². The first-order chi connectivity index (χ1) is 15.6. The van der Waals surface area contributed by atoms with Crippen LogP contribution in [0.5, 0.6) is 11.5 Å². The van der Waals surface area contributed by atoms with E-state index in [1.54, 1.807) is 18.2 Å². The highest BCUT2D eigenvalue weighted by Gasteiger charge is 2.30. The maximum Gasteiger partial charge on any atom is 0.416 e. The number of hydrogen-bond acceptors (Lipinski definition) is 6. The Morgan fingerprint density at radius 2 is 1.67 bits per heavy atom. The minimum atomic E-state index is -4.54. The number of amides is 2. The standard InChI is InChI=1S/C21H20F3N5O4/c1-12-19(20(31)26-14-6-4-5-13(7-14)21(22,23)24)27-28-29(12)11-18(30)25-15-8-16(32-2)10-17(9-15)33-3/h4-10H,11H2,1-3H3,(H,25,30)(H,26,31). The zero-order valence-electron chi connectivity index (χ0n) is 17.9. The van der Waals surface area contributed by atoms with Crippen molar-refractivity contribution in [3.8, 4) is 11.5 Å². The van der Waals surface area contributed by atoms with Crippen molar-refractivity contribution < 1.29 is 32.2 Å². The monoisotopic (exact) mass is 463 g/mol. The highest BCUT2D eigenvalue weighted by Crippen LogP contribution is 2.31. The van der Waals surface area contributed by atoms with Crippen LogP contribution in [0.3, 0.4) is 0 Å². The number of aromatic nitrogens is 3. The van der Waals surface area contributed by atoms with Crippen LogP contribution >= 0.6 is 0 Å². The highest BCUT2D eigenvalue weighted by molar-refractivity contribution is 6.03. The predicted octanol–water partition coefficient (Wildman–Crippen LogP) is 3.51. The molecule has 0 saturated carbocycles. The van der Waals surface area contributed by atoms with Crippen LogP contribution in [0, 0.1) is 6.92 Å². The van der Waals surface area contributed by atoms with Crippen LogP contribution in [0.2, 0.25) is 0 Å². The highest BCUT2D eigenvalue weighted by atomic mass is 19.4. The molecule has 9 nitrogen and oxygen atoms in total. The molecule has 1 aromatic heterocycles. The molecule has 1 heterocycles. The molecule has 2 amide bonds. The number of rotatable bonds is 7. The van der Waals surface area contributed by atoms with Gasteiger partial charge in [-0.15, -0.1) is 5.10 Å². The van der Waals surface area contributed by atoms with E-state index in [0.29, 0.717) is 17.2 Å². The summed E-state index contributed by atoms with van der Waals surface area (Å²) in [5.41, 5.74) is -0.377. The second-order valence-corrected chi connectivity index (χ2v) is 6.86. The molecule has 0 atom stereocenters. The molecule has 3 aromatic rings. The first-order valence-electron chi connectivity index (χ1n) is 9.52. The number of ether oxygens (including phenoxy) is 2. The Balaban J connectivity index is 1.69. The van der Waals surface area contributed by atoms with Gasteiger partial charge in [0, 0.05) is 29.6 Å². The predicted molar refractivity (Wildman–Crippen MR) is 112 cm³/mol. The molecule has 12 heteroatoms. The second-order valence-electron chi connectivity index (χ2n) is 6.86. The smallest absolute Gasteiger partial charge is 0.416 e. The van der Waals surface area contributed by atoms with Gasteiger partial charge in [-0.25, -0.2) is 4.68 Å². The van der Waals surface area contributed by atoms with E-state index in [1.807, 2.05) is 0 Å². The molecular formula is C21H20F3N5O4. The van der Waals surface area contributed by atoms with Gasteiger partial charge in [-0.2, -0.15) is 13.2 Å². The molecule has 0 radical (unpaired) electrons. The number of nitrogens with one attached hydrogen (secondary N) is 2. The Morgan fingerprint density at radius 1 is 1.00 bits per heavy atom. The van der Waals surface area contributed by atoms with E-state index >= 15 is 0 Å². The zero-order valence-corrected chi connectivity index (χ0v) is 17.9. The molecule has 0 aliphatic heterocycles. The topological polar surface area (TPSA) is 107 Å². The third kappa shape index (κ3) is 5.79. The molecule has 0 unspecified atom stereocenters. The average molecular weight is 463 g/mol. The molecule has 33 heavy (non-hydrogen) atoms. The molecule has 0 bridgehead atoms. The Kier molecular flexibility index (Phi) is 6.85. The number of carbonyl (C=O) groups is 2. The molecule has 174 valence electrons. The van der Waals surface area contributed by atoms with Crippen molar-refractivity contribution in [1.29, 1.82) is 0 Å². The van der Waals surface area contributed by atoms with Gasteiger partial charge in [0.1, 0.15) is 18.0 Å². The number of benzene rings is 2. The minimum Gasteiger partial charge on any atom is -0.497 e. The van der Waals surface area contributed by atoms with Crippen molar-refractivity contribution >= 4 is 23.2 Å². The van der Waals surface area contributed by atoms with Crippen LogP contribution in [0.4, 0.5) is 24.5 Å². The normalized spacial score (nSPS) is 11.1. The lowest BCUT2D eigenvalue weighted by Crippen LogP contribution is -2.21. The van der Waals surface area contributed by atoms with E-state index < -0.39 is 23.6 Å². The van der Waals surface area contributed by atoms with Gasteiger partial charge in [0.2, 0.25) is 5.91 Å². The molecule has 0 aliphatic carbocycles. The van der Waals surface area contributed by atoms with Crippen molar-refractivity contribution in [2.75, 3.05) is 24.9 Å². The van der Waals surface area contributed by atoms with Gasteiger partial charge >= 0.3 is 6.18 Å². The van der Waals surface area contributed by atoms with Crippen LogP contribution in [0.15, 0.2) is 42.5 Å². The Morgan fingerprint density at radius 3 is 2.27 bits per heavy atom. The summed E-state index contributed by atoms with van der Waals surface area (Å²) in [6, 6.07) is 9.06. The fourth-order valence-electron chi connectivity index (χ4n) is 2.90. The summed E-state index contributed by atoms with van der Waals surface area (Å²) in [6.45, 7) is 1.26. The van der Waals surface area contributed by atoms with Gasteiger partial charge in [-0.1, -0.05) is 11.3 Å². The van der Waals surface area contributed by atoms with E-state index in [2.05, 4.69) is 20.9 Å². The number of nitrogens with zero attached hydrogens (tertiary/aromatic N) is 3. The summed E-state index contributed by atoms with van der Waals surface area (Å²) in [4.78, 5) is 24.9. The van der Waals surface area contributed by atoms with Crippen LogP contribution < -0.4 is 20.1 Å². The minimum absolute atomic E-state index is 0.0477. The summed E-state index contributed by atoms with van der Waals surface area (Å²) in [6.07, 6.45) is -4.54. The Bertz CT molecular complexity index is 1150. The lowest BCUT2D eigenvalue weighted by atomic mass is 10.2. The Labute approximate surface area is 186 Å². The van der Waals surface area contributed by atoms with Crippen molar-refractivity contribution in [3.63, 3.8) is 0 Å². The maximum absolute atomic E-state index is 12.9. The van der Waals surface area contributed by atoms with Gasteiger partial charge in [0.15, 0.2) is 5.69 Å². The van der Waals surface area contributed by atoms with Gasteiger partial charge in [-0.05, 0) is 25.1 Å². The van der Waals surface area contributed by atoms with Crippen LogP contribution in [0.25, 0.3) is 0 Å². The number of carbonyl (C=O) groups excluding carboxylic acids is 2. The largest absolute Gasteiger partial charge is 0.497 e. The SMILES string of the molecule is COc1cc(NC(=O)Cn2nnc(C(=O)Nc3cccc(C(F)(F)F)c3)c2C)cc(OC)c1. The molecule has 0 spiro atoms.